The number of hydrogen-bond donors (Lipinski definition) is 1. The molecule has 1 heterocycles. The van der Waals surface area contributed by atoms with E-state index in [2.05, 4.69) is 0 Å². The second-order valence-corrected chi connectivity index (χ2v) is 4.98. The molecule has 0 radical (unpaired) electrons. The summed E-state index contributed by atoms with van der Waals surface area (Å²) in [5.41, 5.74) is 0.931. The summed E-state index contributed by atoms with van der Waals surface area (Å²) in [7, 11) is 0. The molecule has 0 amide bonds. The van der Waals surface area contributed by atoms with Crippen LogP contribution in [-0.4, -0.2) is 22.2 Å². The predicted molar refractivity (Wildman–Crippen MR) is 73.8 cm³/mol. The molecule has 2 aromatic rings. The first-order valence-corrected chi connectivity index (χ1v) is 6.40. The Labute approximate surface area is 112 Å². The first kappa shape index (κ1) is 13.6. The molecule has 0 fully saturated rings. The number of aromatic nitrogens is 1. The van der Waals surface area contributed by atoms with Gasteiger partial charge in [0.2, 0.25) is 0 Å². The molecule has 1 N–H and O–H groups in total. The van der Waals surface area contributed by atoms with Crippen LogP contribution in [-0.2, 0) is 21.7 Å². The molecule has 4 nitrogen and oxygen atoms in total. The summed E-state index contributed by atoms with van der Waals surface area (Å²) in [4.78, 5) is 12.1. The van der Waals surface area contributed by atoms with E-state index in [1.807, 2.05) is 48.9 Å². The lowest BCUT2D eigenvalue weighted by atomic mass is 10.1. The van der Waals surface area contributed by atoms with Crippen LogP contribution in [0.25, 0.3) is 10.9 Å². The van der Waals surface area contributed by atoms with Gasteiger partial charge in [-0.25, -0.2) is 4.79 Å². The van der Waals surface area contributed by atoms with Crippen LogP contribution >= 0.6 is 0 Å². The third kappa shape index (κ3) is 2.24. The number of carbonyl (C=O) groups excluding carboxylic acids is 1. The molecule has 0 atom stereocenters. The minimum absolute atomic E-state index is 0.0492. The maximum atomic E-state index is 12.1. The Morgan fingerprint density at radius 1 is 1.37 bits per heavy atom. The number of rotatable bonds is 4. The molecule has 1 aromatic carbocycles. The molecule has 2 rings (SSSR count). The molecule has 0 spiro atoms. The summed E-state index contributed by atoms with van der Waals surface area (Å²) in [5, 5.41) is 10.4. The molecule has 0 unspecified atom stereocenters. The highest BCUT2D eigenvalue weighted by atomic mass is 16.5. The van der Waals surface area contributed by atoms with Crippen molar-refractivity contribution in [2.45, 2.75) is 32.9 Å². The van der Waals surface area contributed by atoms with Gasteiger partial charge in [-0.15, -0.1) is 0 Å². The molecule has 4 heteroatoms. The first-order chi connectivity index (χ1) is 9.02. The van der Waals surface area contributed by atoms with Crippen molar-refractivity contribution in [2.24, 2.45) is 0 Å². The topological polar surface area (TPSA) is 51.5 Å². The van der Waals surface area contributed by atoms with Gasteiger partial charge < -0.3 is 14.4 Å². The Morgan fingerprint density at radius 2 is 2.05 bits per heavy atom. The van der Waals surface area contributed by atoms with Crippen LogP contribution in [0.1, 0.15) is 26.3 Å². The fraction of sp³-hybridized carbons (Fsp3) is 0.400. The molecule has 0 aliphatic rings. The molecular formula is C15H19NO3. The summed E-state index contributed by atoms with van der Waals surface area (Å²) in [6.45, 7) is 5.73. The van der Waals surface area contributed by atoms with Gasteiger partial charge in [-0.05, 0) is 26.8 Å². The van der Waals surface area contributed by atoms with Crippen LogP contribution in [0.2, 0.25) is 0 Å². The number of esters is 1. The molecule has 0 bridgehead atoms. The number of aliphatic hydroxyl groups is 1. The molecule has 0 aliphatic carbocycles. The van der Waals surface area contributed by atoms with Crippen LogP contribution in [0.4, 0.5) is 0 Å². The fourth-order valence-electron chi connectivity index (χ4n) is 2.24. The lowest BCUT2D eigenvalue weighted by Gasteiger charge is -2.25. The number of aliphatic hydroxyl groups excluding tert-OH is 1. The maximum Gasteiger partial charge on any atom is 0.331 e. The zero-order chi connectivity index (χ0) is 14.0. The Hall–Kier alpha value is -1.81. The summed E-state index contributed by atoms with van der Waals surface area (Å²) in [6.07, 6.45) is 1.82. The van der Waals surface area contributed by atoms with Crippen LogP contribution < -0.4 is 0 Å². The third-order valence-electron chi connectivity index (χ3n) is 3.34. The van der Waals surface area contributed by atoms with E-state index in [1.54, 1.807) is 6.92 Å². The predicted octanol–water partition coefficient (Wildman–Crippen LogP) is 2.43. The van der Waals surface area contributed by atoms with E-state index in [4.69, 9.17) is 4.74 Å². The summed E-state index contributed by atoms with van der Waals surface area (Å²) in [6, 6.07) is 7.72. The molecular weight excluding hydrogens is 242 g/mol. The number of nitrogens with zero attached hydrogens (tertiary/aromatic N) is 1. The van der Waals surface area contributed by atoms with Crippen molar-refractivity contribution in [1.82, 2.24) is 4.57 Å². The largest absolute Gasteiger partial charge is 0.464 e. The zero-order valence-electron chi connectivity index (χ0n) is 11.5. The minimum atomic E-state index is -0.803. The Bertz CT molecular complexity index is 598. The van der Waals surface area contributed by atoms with E-state index in [0.29, 0.717) is 6.61 Å². The van der Waals surface area contributed by atoms with Crippen LogP contribution in [0, 0.1) is 0 Å². The third-order valence-corrected chi connectivity index (χ3v) is 3.34. The lowest BCUT2D eigenvalue weighted by molar-refractivity contribution is -0.151. The summed E-state index contributed by atoms with van der Waals surface area (Å²) in [5.74, 6) is -0.278. The maximum absolute atomic E-state index is 12.1. The summed E-state index contributed by atoms with van der Waals surface area (Å²) >= 11 is 0. The number of ether oxygens (including phenoxy) is 1. The average Bonchev–Trinajstić information content (AvgIpc) is 2.78. The number of benzene rings is 1. The van der Waals surface area contributed by atoms with Crippen molar-refractivity contribution in [3.8, 4) is 0 Å². The second-order valence-electron chi connectivity index (χ2n) is 4.98. The number of fused-ring (bicyclic) bond motifs is 1. The van der Waals surface area contributed by atoms with Gasteiger partial charge in [-0.2, -0.15) is 0 Å². The normalized spacial score (nSPS) is 11.8. The van der Waals surface area contributed by atoms with Crippen molar-refractivity contribution in [3.05, 3.63) is 36.0 Å². The van der Waals surface area contributed by atoms with Gasteiger partial charge in [0.05, 0.1) is 13.2 Å². The zero-order valence-corrected chi connectivity index (χ0v) is 11.5. The molecule has 0 saturated heterocycles. The van der Waals surface area contributed by atoms with Gasteiger partial charge in [0, 0.05) is 22.7 Å². The van der Waals surface area contributed by atoms with Crippen LogP contribution in [0.3, 0.4) is 0 Å². The smallest absolute Gasteiger partial charge is 0.331 e. The van der Waals surface area contributed by atoms with Crippen molar-refractivity contribution in [1.29, 1.82) is 0 Å². The Balaban J connectivity index is 2.59. The highest BCUT2D eigenvalue weighted by Gasteiger charge is 2.32. The number of hydrogen-bond acceptors (Lipinski definition) is 3. The molecule has 0 aliphatic heterocycles. The van der Waals surface area contributed by atoms with E-state index >= 15 is 0 Å². The van der Waals surface area contributed by atoms with Crippen molar-refractivity contribution >= 4 is 16.9 Å². The number of para-hydroxylation sites is 1. The summed E-state index contributed by atoms with van der Waals surface area (Å²) < 4.78 is 7.00. The van der Waals surface area contributed by atoms with Crippen LogP contribution in [0.15, 0.2) is 30.5 Å². The van der Waals surface area contributed by atoms with Crippen molar-refractivity contribution in [3.63, 3.8) is 0 Å². The van der Waals surface area contributed by atoms with E-state index in [0.717, 1.165) is 16.5 Å². The average molecular weight is 261 g/mol. The van der Waals surface area contributed by atoms with Gasteiger partial charge in [-0.3, -0.25) is 0 Å². The van der Waals surface area contributed by atoms with Gasteiger partial charge in [0.15, 0.2) is 0 Å². The van der Waals surface area contributed by atoms with E-state index in [9.17, 15) is 9.90 Å². The highest BCUT2D eigenvalue weighted by Crippen LogP contribution is 2.28. The van der Waals surface area contributed by atoms with Gasteiger partial charge >= 0.3 is 5.97 Å². The van der Waals surface area contributed by atoms with Crippen LogP contribution in [0.5, 0.6) is 0 Å². The highest BCUT2D eigenvalue weighted by molar-refractivity contribution is 5.87. The monoisotopic (exact) mass is 261 g/mol. The van der Waals surface area contributed by atoms with Gasteiger partial charge in [-0.1, -0.05) is 18.2 Å². The molecule has 102 valence electrons. The molecule has 1 aromatic heterocycles. The van der Waals surface area contributed by atoms with Crippen molar-refractivity contribution in [2.75, 3.05) is 6.61 Å². The Kier molecular flexibility index (Phi) is 3.62. The van der Waals surface area contributed by atoms with E-state index in [-0.39, 0.29) is 12.6 Å². The van der Waals surface area contributed by atoms with Gasteiger partial charge in [0.1, 0.15) is 5.54 Å². The lowest BCUT2D eigenvalue weighted by Crippen LogP contribution is -2.36. The molecule has 19 heavy (non-hydrogen) atoms. The SMILES string of the molecule is CCOC(=O)C(C)(C)n1cc(CO)c2ccccc21. The Morgan fingerprint density at radius 3 is 2.68 bits per heavy atom. The number of carbonyl (C=O) groups is 1. The van der Waals surface area contributed by atoms with Crippen molar-refractivity contribution < 1.29 is 14.6 Å². The first-order valence-electron chi connectivity index (χ1n) is 6.40. The molecule has 0 saturated carbocycles. The quantitative estimate of drug-likeness (QED) is 0.860. The minimum Gasteiger partial charge on any atom is -0.464 e. The fourth-order valence-corrected chi connectivity index (χ4v) is 2.24. The van der Waals surface area contributed by atoms with E-state index in [1.165, 1.54) is 0 Å². The standard InChI is InChI=1S/C15H19NO3/c1-4-19-14(18)15(2,3)16-9-11(10-17)12-7-5-6-8-13(12)16/h5-9,17H,4,10H2,1-3H3. The second kappa shape index (κ2) is 5.05. The van der Waals surface area contributed by atoms with Gasteiger partial charge in [0.25, 0.3) is 0 Å². The van der Waals surface area contributed by atoms with E-state index < -0.39 is 5.54 Å².